The number of aryl methyl sites for hydroxylation is 1. The van der Waals surface area contributed by atoms with Crippen LogP contribution in [0.5, 0.6) is 0 Å². The molecular formula is C20H17FO. The lowest BCUT2D eigenvalue weighted by Crippen LogP contribution is -1.95. The molecule has 0 spiro atoms. The van der Waals surface area contributed by atoms with E-state index in [1.807, 2.05) is 25.1 Å². The second-order valence-electron chi connectivity index (χ2n) is 5.35. The van der Waals surface area contributed by atoms with Crippen molar-refractivity contribution in [3.8, 4) is 22.3 Å². The van der Waals surface area contributed by atoms with Gasteiger partial charge in [-0.15, -0.1) is 0 Å². The van der Waals surface area contributed by atoms with Crippen molar-refractivity contribution in [1.29, 1.82) is 0 Å². The van der Waals surface area contributed by atoms with Gasteiger partial charge in [-0.2, -0.15) is 0 Å². The normalized spacial score (nSPS) is 10.7. The predicted molar refractivity (Wildman–Crippen MR) is 87.9 cm³/mol. The zero-order chi connectivity index (χ0) is 15.5. The molecule has 0 unspecified atom stereocenters. The monoisotopic (exact) mass is 292 g/mol. The minimum absolute atomic E-state index is 0.0341. The van der Waals surface area contributed by atoms with Gasteiger partial charge in [0.1, 0.15) is 5.82 Å². The Morgan fingerprint density at radius 2 is 1.50 bits per heavy atom. The van der Waals surface area contributed by atoms with Crippen LogP contribution in [0.4, 0.5) is 4.39 Å². The van der Waals surface area contributed by atoms with Crippen LogP contribution in [0.2, 0.25) is 0 Å². The lowest BCUT2D eigenvalue weighted by molar-refractivity contribution is 0.281. The Morgan fingerprint density at radius 3 is 2.14 bits per heavy atom. The topological polar surface area (TPSA) is 20.2 Å². The Labute approximate surface area is 129 Å². The van der Waals surface area contributed by atoms with Crippen molar-refractivity contribution in [1.82, 2.24) is 0 Å². The van der Waals surface area contributed by atoms with E-state index in [9.17, 15) is 9.50 Å². The van der Waals surface area contributed by atoms with E-state index in [0.29, 0.717) is 0 Å². The van der Waals surface area contributed by atoms with Gasteiger partial charge in [0.2, 0.25) is 0 Å². The Bertz CT molecular complexity index is 777. The van der Waals surface area contributed by atoms with Gasteiger partial charge in [-0.25, -0.2) is 4.39 Å². The van der Waals surface area contributed by atoms with Crippen LogP contribution in [0.15, 0.2) is 66.7 Å². The molecule has 110 valence electrons. The molecule has 0 aliphatic rings. The van der Waals surface area contributed by atoms with E-state index in [-0.39, 0.29) is 12.4 Å². The zero-order valence-corrected chi connectivity index (χ0v) is 12.4. The Hall–Kier alpha value is -2.45. The smallest absolute Gasteiger partial charge is 0.123 e. The first-order valence-electron chi connectivity index (χ1n) is 7.25. The van der Waals surface area contributed by atoms with Crippen LogP contribution in [0.1, 0.15) is 11.1 Å². The van der Waals surface area contributed by atoms with Gasteiger partial charge in [-0.05, 0) is 58.5 Å². The van der Waals surface area contributed by atoms with Crippen LogP contribution in [-0.2, 0) is 6.61 Å². The minimum Gasteiger partial charge on any atom is -0.392 e. The largest absolute Gasteiger partial charge is 0.392 e. The summed E-state index contributed by atoms with van der Waals surface area (Å²) in [4.78, 5) is 0. The molecule has 0 bridgehead atoms. The van der Waals surface area contributed by atoms with Crippen LogP contribution in [-0.4, -0.2) is 5.11 Å². The van der Waals surface area contributed by atoms with Gasteiger partial charge in [-0.1, -0.05) is 48.5 Å². The molecule has 0 heterocycles. The van der Waals surface area contributed by atoms with Crippen molar-refractivity contribution in [3.63, 3.8) is 0 Å². The quantitative estimate of drug-likeness (QED) is 0.723. The van der Waals surface area contributed by atoms with E-state index < -0.39 is 0 Å². The van der Waals surface area contributed by atoms with Crippen LogP contribution < -0.4 is 0 Å². The third-order valence-corrected chi connectivity index (χ3v) is 3.89. The van der Waals surface area contributed by atoms with E-state index in [1.165, 1.54) is 12.1 Å². The summed E-state index contributed by atoms with van der Waals surface area (Å²) in [6.45, 7) is 1.96. The number of rotatable bonds is 3. The highest BCUT2D eigenvalue weighted by Gasteiger charge is 2.11. The second kappa shape index (κ2) is 6.12. The molecule has 0 saturated heterocycles. The van der Waals surface area contributed by atoms with Crippen LogP contribution in [0.25, 0.3) is 22.3 Å². The summed E-state index contributed by atoms with van der Waals surface area (Å²) in [6, 6.07) is 20.6. The fourth-order valence-electron chi connectivity index (χ4n) is 2.71. The van der Waals surface area contributed by atoms with Crippen molar-refractivity contribution >= 4 is 0 Å². The number of hydrogen-bond acceptors (Lipinski definition) is 1. The number of halogens is 1. The molecule has 0 aliphatic heterocycles. The third kappa shape index (κ3) is 2.78. The zero-order valence-electron chi connectivity index (χ0n) is 12.4. The van der Waals surface area contributed by atoms with E-state index in [0.717, 1.165) is 33.4 Å². The molecule has 0 radical (unpaired) electrons. The Morgan fingerprint density at radius 1 is 0.818 bits per heavy atom. The molecule has 2 heteroatoms. The van der Waals surface area contributed by atoms with Crippen LogP contribution in [0, 0.1) is 12.7 Å². The fourth-order valence-corrected chi connectivity index (χ4v) is 2.71. The average Bonchev–Trinajstić information content (AvgIpc) is 2.55. The predicted octanol–water partition coefficient (Wildman–Crippen LogP) is 4.96. The van der Waals surface area contributed by atoms with Crippen LogP contribution in [0.3, 0.4) is 0 Å². The highest BCUT2D eigenvalue weighted by Crippen LogP contribution is 2.32. The van der Waals surface area contributed by atoms with Crippen molar-refractivity contribution in [2.24, 2.45) is 0 Å². The molecule has 0 fully saturated rings. The van der Waals surface area contributed by atoms with Gasteiger partial charge in [0.15, 0.2) is 0 Å². The molecular weight excluding hydrogens is 275 g/mol. The second-order valence-corrected chi connectivity index (χ2v) is 5.35. The van der Waals surface area contributed by atoms with E-state index in [2.05, 4.69) is 24.3 Å². The molecule has 22 heavy (non-hydrogen) atoms. The highest BCUT2D eigenvalue weighted by atomic mass is 19.1. The van der Waals surface area contributed by atoms with E-state index in [4.69, 9.17) is 0 Å². The number of benzene rings is 3. The maximum Gasteiger partial charge on any atom is 0.123 e. The first kappa shape index (κ1) is 14.5. The molecule has 3 rings (SSSR count). The van der Waals surface area contributed by atoms with Crippen molar-refractivity contribution in [2.45, 2.75) is 13.5 Å². The molecule has 0 amide bonds. The molecule has 0 aliphatic carbocycles. The number of aliphatic hydroxyl groups is 1. The summed E-state index contributed by atoms with van der Waals surface area (Å²) >= 11 is 0. The van der Waals surface area contributed by atoms with Gasteiger partial charge in [0.25, 0.3) is 0 Å². The lowest BCUT2D eigenvalue weighted by Gasteiger charge is -2.14. The first-order valence-corrected chi connectivity index (χ1v) is 7.25. The van der Waals surface area contributed by atoms with Crippen molar-refractivity contribution < 1.29 is 9.50 Å². The summed E-state index contributed by atoms with van der Waals surface area (Å²) in [5.74, 6) is -0.259. The van der Waals surface area contributed by atoms with Crippen molar-refractivity contribution in [2.75, 3.05) is 0 Å². The van der Waals surface area contributed by atoms with Gasteiger partial charge >= 0.3 is 0 Å². The lowest BCUT2D eigenvalue weighted by atomic mass is 9.91. The maximum atomic E-state index is 13.2. The Kier molecular flexibility index (Phi) is 4.03. The molecule has 1 nitrogen and oxygen atoms in total. The van der Waals surface area contributed by atoms with E-state index >= 15 is 0 Å². The molecule has 3 aromatic carbocycles. The first-order chi connectivity index (χ1) is 10.7. The third-order valence-electron chi connectivity index (χ3n) is 3.89. The summed E-state index contributed by atoms with van der Waals surface area (Å²) in [5, 5.41) is 9.70. The van der Waals surface area contributed by atoms with Gasteiger partial charge in [0, 0.05) is 0 Å². The summed E-state index contributed by atoms with van der Waals surface area (Å²) in [7, 11) is 0. The van der Waals surface area contributed by atoms with Gasteiger partial charge < -0.3 is 5.11 Å². The highest BCUT2D eigenvalue weighted by molar-refractivity contribution is 5.77. The molecule has 3 aromatic rings. The number of aliphatic hydroxyl groups excluding tert-OH is 1. The minimum atomic E-state index is -0.259. The molecule has 0 aromatic heterocycles. The SMILES string of the molecule is Cc1cc(-c2ccccc2)cc(-c2ccc(F)cc2)c1CO. The van der Waals surface area contributed by atoms with Crippen LogP contribution >= 0.6 is 0 Å². The van der Waals surface area contributed by atoms with Gasteiger partial charge in [-0.3, -0.25) is 0 Å². The van der Waals surface area contributed by atoms with Gasteiger partial charge in [0.05, 0.1) is 6.61 Å². The summed E-state index contributed by atoms with van der Waals surface area (Å²) in [6.07, 6.45) is 0. The van der Waals surface area contributed by atoms with E-state index in [1.54, 1.807) is 12.1 Å². The fraction of sp³-hybridized carbons (Fsp3) is 0.100. The average molecular weight is 292 g/mol. The summed E-state index contributed by atoms with van der Waals surface area (Å²) < 4.78 is 13.2. The standard InChI is InChI=1S/C20H17FO/c1-14-11-17(15-5-3-2-4-6-15)12-19(20(14)13-22)16-7-9-18(21)10-8-16/h2-12,22H,13H2,1H3. The Balaban J connectivity index is 2.19. The molecule has 1 N–H and O–H groups in total. The molecule has 0 saturated carbocycles. The number of hydrogen-bond donors (Lipinski definition) is 1. The van der Waals surface area contributed by atoms with Crippen molar-refractivity contribution in [3.05, 3.63) is 83.7 Å². The molecule has 0 atom stereocenters. The summed E-state index contributed by atoms with van der Waals surface area (Å²) in [5.41, 5.74) is 5.98. The maximum absolute atomic E-state index is 13.2.